The first-order valence-electron chi connectivity index (χ1n) is 7.87. The van der Waals surface area contributed by atoms with Gasteiger partial charge in [0.1, 0.15) is 5.75 Å². The van der Waals surface area contributed by atoms with Crippen molar-refractivity contribution < 1.29 is 4.74 Å². The second-order valence-corrected chi connectivity index (χ2v) is 5.71. The molecule has 3 heteroatoms. The van der Waals surface area contributed by atoms with Crippen LogP contribution in [0.4, 0.5) is 0 Å². The Bertz CT molecular complexity index is 369. The van der Waals surface area contributed by atoms with E-state index in [0.29, 0.717) is 0 Å². The molecule has 1 aromatic carbocycles. The smallest absolute Gasteiger partial charge is 0.118 e. The highest BCUT2D eigenvalue weighted by atomic mass is 16.5. The topological polar surface area (TPSA) is 24.5 Å². The van der Waals surface area contributed by atoms with Crippen LogP contribution in [-0.2, 0) is 6.54 Å². The molecule has 1 saturated heterocycles. The molecule has 1 aliphatic heterocycles. The largest absolute Gasteiger partial charge is 0.497 e. The second kappa shape index (κ2) is 8.28. The van der Waals surface area contributed by atoms with E-state index in [1.165, 1.54) is 44.5 Å². The Kier molecular flexibility index (Phi) is 6.34. The van der Waals surface area contributed by atoms with E-state index in [-0.39, 0.29) is 0 Å². The number of ether oxygens (including phenoxy) is 1. The van der Waals surface area contributed by atoms with Gasteiger partial charge in [-0.15, -0.1) is 0 Å². The second-order valence-electron chi connectivity index (χ2n) is 5.71. The van der Waals surface area contributed by atoms with Gasteiger partial charge in [-0.05, 0) is 69.1 Å². The number of methoxy groups -OCH3 is 1. The zero-order valence-corrected chi connectivity index (χ0v) is 12.9. The van der Waals surface area contributed by atoms with Crippen LogP contribution in [0, 0.1) is 5.92 Å². The SMILES string of the molecule is CCNCCC1CCN(Cc2ccc(OC)cc2)CC1. The molecule has 1 N–H and O–H groups in total. The van der Waals surface area contributed by atoms with Crippen molar-refractivity contribution in [3.63, 3.8) is 0 Å². The fraction of sp³-hybridized carbons (Fsp3) is 0.647. The first-order chi connectivity index (χ1) is 9.81. The normalized spacial score (nSPS) is 17.3. The Morgan fingerprint density at radius 2 is 1.90 bits per heavy atom. The third kappa shape index (κ3) is 4.80. The summed E-state index contributed by atoms with van der Waals surface area (Å²) < 4.78 is 5.20. The Morgan fingerprint density at radius 3 is 2.50 bits per heavy atom. The Morgan fingerprint density at radius 1 is 1.20 bits per heavy atom. The maximum Gasteiger partial charge on any atom is 0.118 e. The van der Waals surface area contributed by atoms with Crippen LogP contribution >= 0.6 is 0 Å². The molecule has 3 nitrogen and oxygen atoms in total. The van der Waals surface area contributed by atoms with Crippen molar-refractivity contribution in [2.75, 3.05) is 33.3 Å². The first-order valence-corrected chi connectivity index (χ1v) is 7.87. The number of piperidine rings is 1. The minimum Gasteiger partial charge on any atom is -0.497 e. The van der Waals surface area contributed by atoms with E-state index >= 15 is 0 Å². The minimum atomic E-state index is 0.918. The first kappa shape index (κ1) is 15.3. The highest BCUT2D eigenvalue weighted by Crippen LogP contribution is 2.22. The molecule has 0 spiro atoms. The Labute approximate surface area is 123 Å². The maximum absolute atomic E-state index is 5.20. The van der Waals surface area contributed by atoms with Gasteiger partial charge in [-0.2, -0.15) is 0 Å². The van der Waals surface area contributed by atoms with Crippen LogP contribution in [0.15, 0.2) is 24.3 Å². The molecule has 0 bridgehead atoms. The third-order valence-corrected chi connectivity index (χ3v) is 4.25. The molecule has 1 heterocycles. The van der Waals surface area contributed by atoms with Gasteiger partial charge in [-0.3, -0.25) is 4.90 Å². The van der Waals surface area contributed by atoms with Crippen molar-refractivity contribution in [2.24, 2.45) is 5.92 Å². The van der Waals surface area contributed by atoms with Crippen molar-refractivity contribution in [1.29, 1.82) is 0 Å². The van der Waals surface area contributed by atoms with Crippen LogP contribution in [0.1, 0.15) is 31.7 Å². The van der Waals surface area contributed by atoms with Crippen molar-refractivity contribution in [3.05, 3.63) is 29.8 Å². The summed E-state index contributed by atoms with van der Waals surface area (Å²) in [6, 6.07) is 8.46. The van der Waals surface area contributed by atoms with E-state index in [9.17, 15) is 0 Å². The molecule has 2 rings (SSSR count). The van der Waals surface area contributed by atoms with Gasteiger partial charge in [0.2, 0.25) is 0 Å². The molecule has 1 aliphatic rings. The fourth-order valence-electron chi connectivity index (χ4n) is 2.91. The molecular weight excluding hydrogens is 248 g/mol. The molecule has 0 atom stereocenters. The van der Waals surface area contributed by atoms with Gasteiger partial charge in [0.05, 0.1) is 7.11 Å². The molecule has 1 aromatic rings. The molecule has 0 aliphatic carbocycles. The summed E-state index contributed by atoms with van der Waals surface area (Å²) >= 11 is 0. The average molecular weight is 276 g/mol. The van der Waals surface area contributed by atoms with Gasteiger partial charge >= 0.3 is 0 Å². The number of nitrogens with one attached hydrogen (secondary N) is 1. The molecular formula is C17H28N2O. The summed E-state index contributed by atoms with van der Waals surface area (Å²) in [5.41, 5.74) is 1.39. The van der Waals surface area contributed by atoms with Gasteiger partial charge in [0, 0.05) is 6.54 Å². The zero-order chi connectivity index (χ0) is 14.2. The number of rotatable bonds is 7. The number of nitrogens with zero attached hydrogens (tertiary/aromatic N) is 1. The zero-order valence-electron chi connectivity index (χ0n) is 12.9. The summed E-state index contributed by atoms with van der Waals surface area (Å²) in [5, 5.41) is 3.43. The molecule has 0 radical (unpaired) electrons. The molecule has 1 fully saturated rings. The lowest BCUT2D eigenvalue weighted by molar-refractivity contribution is 0.172. The average Bonchev–Trinajstić information content (AvgIpc) is 2.50. The van der Waals surface area contributed by atoms with Crippen molar-refractivity contribution in [1.82, 2.24) is 10.2 Å². The number of hydrogen-bond donors (Lipinski definition) is 1. The lowest BCUT2D eigenvalue weighted by atomic mass is 9.93. The van der Waals surface area contributed by atoms with Gasteiger partial charge in [0.15, 0.2) is 0 Å². The summed E-state index contributed by atoms with van der Waals surface area (Å²) in [4.78, 5) is 2.57. The van der Waals surface area contributed by atoms with E-state index in [1.54, 1.807) is 7.11 Å². The molecule has 0 unspecified atom stereocenters. The maximum atomic E-state index is 5.20. The lowest BCUT2D eigenvalue weighted by Crippen LogP contribution is -2.34. The standard InChI is InChI=1S/C17H28N2O/c1-3-18-11-8-15-9-12-19(13-10-15)14-16-4-6-17(20-2)7-5-16/h4-7,15,18H,3,8-14H2,1-2H3. The number of likely N-dealkylation sites (tertiary alicyclic amines) is 1. The van der Waals surface area contributed by atoms with Gasteiger partial charge in [-0.25, -0.2) is 0 Å². The lowest BCUT2D eigenvalue weighted by Gasteiger charge is -2.32. The Balaban J connectivity index is 1.70. The quantitative estimate of drug-likeness (QED) is 0.775. The fourth-order valence-corrected chi connectivity index (χ4v) is 2.91. The molecule has 112 valence electrons. The molecule has 0 amide bonds. The van der Waals surface area contributed by atoms with E-state index in [1.807, 2.05) is 0 Å². The number of benzene rings is 1. The van der Waals surface area contributed by atoms with Gasteiger partial charge in [-0.1, -0.05) is 19.1 Å². The van der Waals surface area contributed by atoms with Crippen molar-refractivity contribution >= 4 is 0 Å². The van der Waals surface area contributed by atoms with E-state index < -0.39 is 0 Å². The van der Waals surface area contributed by atoms with Crippen LogP contribution in [-0.4, -0.2) is 38.2 Å². The number of hydrogen-bond acceptors (Lipinski definition) is 3. The van der Waals surface area contributed by atoms with Gasteiger partial charge < -0.3 is 10.1 Å². The summed E-state index contributed by atoms with van der Waals surface area (Å²) in [6.45, 7) is 8.00. The molecule has 0 saturated carbocycles. The molecule has 20 heavy (non-hydrogen) atoms. The van der Waals surface area contributed by atoms with Crippen LogP contribution in [0.2, 0.25) is 0 Å². The van der Waals surface area contributed by atoms with Gasteiger partial charge in [0.25, 0.3) is 0 Å². The Hall–Kier alpha value is -1.06. The minimum absolute atomic E-state index is 0.918. The van der Waals surface area contributed by atoms with Crippen LogP contribution < -0.4 is 10.1 Å². The predicted molar refractivity (Wildman–Crippen MR) is 84.2 cm³/mol. The third-order valence-electron chi connectivity index (χ3n) is 4.25. The van der Waals surface area contributed by atoms with Crippen LogP contribution in [0.3, 0.4) is 0 Å². The van der Waals surface area contributed by atoms with E-state index in [4.69, 9.17) is 4.74 Å². The van der Waals surface area contributed by atoms with Crippen LogP contribution in [0.5, 0.6) is 5.75 Å². The van der Waals surface area contributed by atoms with Crippen LogP contribution in [0.25, 0.3) is 0 Å². The highest BCUT2D eigenvalue weighted by Gasteiger charge is 2.18. The monoisotopic (exact) mass is 276 g/mol. The van der Waals surface area contributed by atoms with E-state index in [2.05, 4.69) is 41.4 Å². The van der Waals surface area contributed by atoms with E-state index in [0.717, 1.165) is 24.8 Å². The molecule has 0 aromatic heterocycles. The predicted octanol–water partition coefficient (Wildman–Crippen LogP) is 2.91. The van der Waals surface area contributed by atoms with Crippen molar-refractivity contribution in [2.45, 2.75) is 32.7 Å². The summed E-state index contributed by atoms with van der Waals surface area (Å²) in [6.07, 6.45) is 4.04. The highest BCUT2D eigenvalue weighted by molar-refractivity contribution is 5.27. The summed E-state index contributed by atoms with van der Waals surface area (Å²) in [5.74, 6) is 1.86. The van der Waals surface area contributed by atoms with Crippen molar-refractivity contribution in [3.8, 4) is 5.75 Å². The summed E-state index contributed by atoms with van der Waals surface area (Å²) in [7, 11) is 1.72.